The number of ether oxygens (including phenoxy) is 1. The highest BCUT2D eigenvalue weighted by Gasteiger charge is 2.16. The first-order chi connectivity index (χ1) is 13.5. The molecule has 1 heterocycles. The molecule has 0 saturated heterocycles. The molecule has 0 saturated carbocycles. The number of carbonyl (C=O) groups is 1. The standard InChI is InChI=1S/C21H23N4O3/c1-24(2)13-12-22-20(26)14-19-23-18-7-5-4-6-17(18)21(27)25(19)15-8-10-16(28-3)11-9-15/h4-11,14H,12-13H2,1-3H3,(H,22,26). The molecule has 7 heteroatoms. The van der Waals surface area contributed by atoms with E-state index in [0.717, 1.165) is 6.54 Å². The van der Waals surface area contributed by atoms with Crippen molar-refractivity contribution in [3.05, 3.63) is 71.1 Å². The number of rotatable bonds is 7. The maximum atomic E-state index is 13.1. The first-order valence-corrected chi connectivity index (χ1v) is 8.93. The second-order valence-corrected chi connectivity index (χ2v) is 6.56. The topological polar surface area (TPSA) is 76.5 Å². The van der Waals surface area contributed by atoms with Crippen molar-refractivity contribution in [2.45, 2.75) is 0 Å². The number of fused-ring (bicyclic) bond motifs is 1. The Bertz CT molecular complexity index is 1030. The molecule has 2 aromatic carbocycles. The molecular formula is C21H23N4O3. The Hall–Kier alpha value is -3.19. The molecule has 0 aliphatic carbocycles. The lowest BCUT2D eigenvalue weighted by molar-refractivity contribution is -0.117. The molecule has 0 aliphatic heterocycles. The van der Waals surface area contributed by atoms with E-state index in [4.69, 9.17) is 4.74 Å². The molecule has 145 valence electrons. The number of benzene rings is 2. The van der Waals surface area contributed by atoms with Crippen molar-refractivity contribution in [3.63, 3.8) is 0 Å². The number of aromatic nitrogens is 2. The Morgan fingerprint density at radius 3 is 2.57 bits per heavy atom. The average Bonchev–Trinajstić information content (AvgIpc) is 2.68. The van der Waals surface area contributed by atoms with Gasteiger partial charge >= 0.3 is 0 Å². The lowest BCUT2D eigenvalue weighted by Crippen LogP contribution is -2.33. The van der Waals surface area contributed by atoms with Gasteiger partial charge in [-0.25, -0.2) is 4.98 Å². The van der Waals surface area contributed by atoms with Gasteiger partial charge in [-0.05, 0) is 50.5 Å². The van der Waals surface area contributed by atoms with Crippen LogP contribution in [0.25, 0.3) is 16.6 Å². The molecule has 3 rings (SSSR count). The van der Waals surface area contributed by atoms with Crippen molar-refractivity contribution in [3.8, 4) is 11.4 Å². The van der Waals surface area contributed by atoms with Gasteiger partial charge in [-0.1, -0.05) is 12.1 Å². The summed E-state index contributed by atoms with van der Waals surface area (Å²) in [4.78, 5) is 32.0. The van der Waals surface area contributed by atoms with Gasteiger partial charge in [-0.2, -0.15) is 0 Å². The molecule has 28 heavy (non-hydrogen) atoms. The number of hydrogen-bond acceptors (Lipinski definition) is 5. The molecule has 1 aromatic heterocycles. The second kappa shape index (κ2) is 8.67. The SMILES string of the molecule is COc1ccc(-n2c([CH]C(=O)NCCN(C)C)nc3ccccc3c2=O)cc1. The Labute approximate surface area is 163 Å². The highest BCUT2D eigenvalue weighted by molar-refractivity contribution is 5.88. The predicted octanol–water partition coefficient (Wildman–Crippen LogP) is 1.62. The largest absolute Gasteiger partial charge is 0.497 e. The minimum absolute atomic E-state index is 0.233. The normalized spacial score (nSPS) is 11.0. The van der Waals surface area contributed by atoms with Gasteiger partial charge in [-0.3, -0.25) is 14.2 Å². The Kier molecular flexibility index (Phi) is 6.06. The van der Waals surface area contributed by atoms with Gasteiger partial charge in [-0.15, -0.1) is 0 Å². The van der Waals surface area contributed by atoms with Gasteiger partial charge in [0.15, 0.2) is 0 Å². The smallest absolute Gasteiger partial charge is 0.265 e. The highest BCUT2D eigenvalue weighted by atomic mass is 16.5. The van der Waals surface area contributed by atoms with Gasteiger partial charge in [0, 0.05) is 13.1 Å². The zero-order chi connectivity index (χ0) is 20.1. The summed E-state index contributed by atoms with van der Waals surface area (Å²) in [5.41, 5.74) is 0.920. The van der Waals surface area contributed by atoms with Crippen molar-refractivity contribution < 1.29 is 9.53 Å². The molecule has 0 aliphatic rings. The maximum absolute atomic E-state index is 13.1. The molecule has 0 bridgehead atoms. The summed E-state index contributed by atoms with van der Waals surface area (Å²) in [6.45, 7) is 1.22. The van der Waals surface area contributed by atoms with Crippen LogP contribution in [0.5, 0.6) is 5.75 Å². The first kappa shape index (κ1) is 19.6. The van der Waals surface area contributed by atoms with Crippen LogP contribution < -0.4 is 15.6 Å². The van der Waals surface area contributed by atoms with E-state index in [0.29, 0.717) is 28.9 Å². The van der Waals surface area contributed by atoms with Crippen molar-refractivity contribution in [1.82, 2.24) is 19.8 Å². The number of methoxy groups -OCH3 is 1. The highest BCUT2D eigenvalue weighted by Crippen LogP contribution is 2.17. The second-order valence-electron chi connectivity index (χ2n) is 6.56. The van der Waals surface area contributed by atoms with Crippen LogP contribution in [-0.2, 0) is 4.79 Å². The molecule has 0 spiro atoms. The number of nitrogens with one attached hydrogen (secondary N) is 1. The van der Waals surface area contributed by atoms with Gasteiger partial charge < -0.3 is 15.0 Å². The van der Waals surface area contributed by atoms with E-state index in [1.54, 1.807) is 49.6 Å². The third kappa shape index (κ3) is 4.37. The van der Waals surface area contributed by atoms with E-state index in [2.05, 4.69) is 10.3 Å². The molecule has 1 amide bonds. The number of para-hydroxylation sites is 1. The third-order valence-electron chi connectivity index (χ3n) is 4.25. The average molecular weight is 379 g/mol. The quantitative estimate of drug-likeness (QED) is 0.675. The van der Waals surface area contributed by atoms with E-state index >= 15 is 0 Å². The van der Waals surface area contributed by atoms with Gasteiger partial charge in [0.05, 0.1) is 23.7 Å². The van der Waals surface area contributed by atoms with Crippen LogP contribution in [0, 0.1) is 6.42 Å². The van der Waals surface area contributed by atoms with Crippen LogP contribution in [0.2, 0.25) is 0 Å². The van der Waals surface area contributed by atoms with Crippen LogP contribution in [-0.4, -0.2) is 54.7 Å². The van der Waals surface area contributed by atoms with Crippen molar-refractivity contribution in [2.24, 2.45) is 0 Å². The summed E-state index contributed by atoms with van der Waals surface area (Å²) in [6, 6.07) is 14.1. The summed E-state index contributed by atoms with van der Waals surface area (Å²) in [6.07, 6.45) is 1.35. The van der Waals surface area contributed by atoms with Crippen LogP contribution >= 0.6 is 0 Å². The van der Waals surface area contributed by atoms with E-state index < -0.39 is 0 Å². The Morgan fingerprint density at radius 2 is 1.89 bits per heavy atom. The van der Waals surface area contributed by atoms with Crippen molar-refractivity contribution >= 4 is 16.8 Å². The number of amides is 1. The van der Waals surface area contributed by atoms with E-state index in [1.807, 2.05) is 25.1 Å². The van der Waals surface area contributed by atoms with E-state index in [-0.39, 0.29) is 17.3 Å². The minimum atomic E-state index is -0.300. The van der Waals surface area contributed by atoms with Gasteiger partial charge in [0.25, 0.3) is 5.56 Å². The summed E-state index contributed by atoms with van der Waals surface area (Å²) in [7, 11) is 5.44. The Balaban J connectivity index is 2.01. The maximum Gasteiger partial charge on any atom is 0.265 e. The molecular weight excluding hydrogens is 356 g/mol. The molecule has 3 aromatic rings. The fraction of sp³-hybridized carbons (Fsp3) is 0.238. The Morgan fingerprint density at radius 1 is 1.18 bits per heavy atom. The summed E-state index contributed by atoms with van der Waals surface area (Å²) in [5.74, 6) is 0.653. The minimum Gasteiger partial charge on any atom is -0.497 e. The summed E-state index contributed by atoms with van der Waals surface area (Å²) in [5, 5.41) is 3.30. The molecule has 7 nitrogen and oxygen atoms in total. The molecule has 1 N–H and O–H groups in total. The van der Waals surface area contributed by atoms with Gasteiger partial charge in [0.2, 0.25) is 5.91 Å². The molecule has 0 atom stereocenters. The number of carbonyl (C=O) groups excluding carboxylic acids is 1. The van der Waals surface area contributed by atoms with E-state index in [1.165, 1.54) is 11.0 Å². The fourth-order valence-corrected chi connectivity index (χ4v) is 2.80. The monoisotopic (exact) mass is 379 g/mol. The first-order valence-electron chi connectivity index (χ1n) is 8.93. The van der Waals surface area contributed by atoms with E-state index in [9.17, 15) is 9.59 Å². The number of nitrogens with zero attached hydrogens (tertiary/aromatic N) is 3. The van der Waals surface area contributed by atoms with Crippen LogP contribution in [0.3, 0.4) is 0 Å². The van der Waals surface area contributed by atoms with Crippen molar-refractivity contribution in [1.29, 1.82) is 0 Å². The molecule has 0 fully saturated rings. The van der Waals surface area contributed by atoms with Crippen LogP contribution in [0.1, 0.15) is 5.82 Å². The van der Waals surface area contributed by atoms with Crippen molar-refractivity contribution in [2.75, 3.05) is 34.3 Å². The molecule has 0 unspecified atom stereocenters. The fourth-order valence-electron chi connectivity index (χ4n) is 2.80. The summed E-state index contributed by atoms with van der Waals surface area (Å²) < 4.78 is 6.62. The number of likely N-dealkylation sites (N-methyl/N-ethyl adjacent to an activating group) is 1. The number of hydrogen-bond donors (Lipinski definition) is 1. The lowest BCUT2D eigenvalue weighted by Gasteiger charge is -2.14. The molecule has 1 radical (unpaired) electrons. The lowest BCUT2D eigenvalue weighted by atomic mass is 10.2. The van der Waals surface area contributed by atoms with Crippen LogP contribution in [0.15, 0.2) is 53.3 Å². The predicted molar refractivity (Wildman–Crippen MR) is 109 cm³/mol. The van der Waals surface area contributed by atoms with Crippen LogP contribution in [0.4, 0.5) is 0 Å². The summed E-state index contributed by atoms with van der Waals surface area (Å²) >= 11 is 0. The zero-order valence-electron chi connectivity index (χ0n) is 16.2. The van der Waals surface area contributed by atoms with Gasteiger partial charge in [0.1, 0.15) is 18.0 Å². The zero-order valence-corrected chi connectivity index (χ0v) is 16.2. The third-order valence-corrected chi connectivity index (χ3v) is 4.25.